The van der Waals surface area contributed by atoms with E-state index < -0.39 is 0 Å². The zero-order chi connectivity index (χ0) is 9.26. The van der Waals surface area contributed by atoms with E-state index in [1.54, 1.807) is 17.5 Å². The molecule has 0 radical (unpaired) electrons. The van der Waals surface area contributed by atoms with Gasteiger partial charge < -0.3 is 5.73 Å². The number of nitrogens with two attached hydrogens (primary N) is 1. The van der Waals surface area contributed by atoms with Crippen LogP contribution in [0.15, 0.2) is 29.6 Å². The van der Waals surface area contributed by atoms with Crippen molar-refractivity contribution in [2.45, 2.75) is 0 Å². The average molecular weight is 194 g/mol. The molecule has 1 heterocycles. The lowest BCUT2D eigenvalue weighted by atomic mass is 10.1. The molecule has 1 aromatic carbocycles. The highest BCUT2D eigenvalue weighted by Crippen LogP contribution is 2.25. The van der Waals surface area contributed by atoms with Crippen molar-refractivity contribution in [3.8, 4) is 11.3 Å². The summed E-state index contributed by atoms with van der Waals surface area (Å²) >= 11 is 1.30. The molecule has 0 bridgehead atoms. The van der Waals surface area contributed by atoms with E-state index in [1.807, 2.05) is 0 Å². The molecule has 0 atom stereocenters. The number of benzene rings is 1. The lowest BCUT2D eigenvalue weighted by Gasteiger charge is -1.97. The molecule has 2 N–H and O–H groups in total. The Bertz CT molecular complexity index is 408. The van der Waals surface area contributed by atoms with Gasteiger partial charge in [0, 0.05) is 10.9 Å². The first-order chi connectivity index (χ1) is 6.27. The number of nitrogens with zero attached hydrogens (tertiary/aromatic N) is 1. The van der Waals surface area contributed by atoms with Crippen LogP contribution in [0.3, 0.4) is 0 Å². The molecule has 0 amide bonds. The lowest BCUT2D eigenvalue weighted by molar-refractivity contribution is 0.628. The van der Waals surface area contributed by atoms with Gasteiger partial charge >= 0.3 is 0 Å². The molecule has 4 heteroatoms. The zero-order valence-corrected chi connectivity index (χ0v) is 7.51. The summed E-state index contributed by atoms with van der Waals surface area (Å²) in [6.07, 6.45) is 0. The second-order valence-electron chi connectivity index (χ2n) is 2.63. The molecule has 0 saturated carbocycles. The smallest absolute Gasteiger partial charge is 0.123 e. The Hall–Kier alpha value is -1.42. The quantitative estimate of drug-likeness (QED) is 0.757. The molecule has 66 valence electrons. The number of aromatic nitrogens is 1. The Morgan fingerprint density at radius 1 is 1.23 bits per heavy atom. The van der Waals surface area contributed by atoms with Gasteiger partial charge in [-0.05, 0) is 35.8 Å². The summed E-state index contributed by atoms with van der Waals surface area (Å²) in [6.45, 7) is 0. The molecule has 0 aliphatic rings. The molecule has 2 nitrogen and oxygen atoms in total. The van der Waals surface area contributed by atoms with E-state index in [9.17, 15) is 4.39 Å². The largest absolute Gasteiger partial charge is 0.396 e. The van der Waals surface area contributed by atoms with Crippen LogP contribution in [-0.2, 0) is 0 Å². The number of hydrogen-bond acceptors (Lipinski definition) is 3. The van der Waals surface area contributed by atoms with Crippen molar-refractivity contribution >= 4 is 17.2 Å². The van der Waals surface area contributed by atoms with Gasteiger partial charge in [-0.15, -0.1) is 0 Å². The molecule has 0 saturated heterocycles. The van der Waals surface area contributed by atoms with E-state index in [4.69, 9.17) is 5.73 Å². The summed E-state index contributed by atoms with van der Waals surface area (Å²) in [5.74, 6) is -0.252. The molecule has 2 rings (SSSR count). The Morgan fingerprint density at radius 2 is 1.92 bits per heavy atom. The summed E-state index contributed by atoms with van der Waals surface area (Å²) in [7, 11) is 0. The van der Waals surface area contributed by atoms with Crippen LogP contribution < -0.4 is 5.73 Å². The van der Waals surface area contributed by atoms with Gasteiger partial charge in [-0.1, -0.05) is 0 Å². The third-order valence-electron chi connectivity index (χ3n) is 1.71. The van der Waals surface area contributed by atoms with E-state index in [1.165, 1.54) is 23.7 Å². The van der Waals surface area contributed by atoms with Crippen molar-refractivity contribution in [2.75, 3.05) is 5.73 Å². The van der Waals surface area contributed by atoms with E-state index in [0.29, 0.717) is 5.69 Å². The number of hydrogen-bond donors (Lipinski definition) is 1. The number of anilines is 1. The summed E-state index contributed by atoms with van der Waals surface area (Å²) < 4.78 is 16.7. The second-order valence-corrected chi connectivity index (χ2v) is 3.25. The van der Waals surface area contributed by atoms with Crippen molar-refractivity contribution in [3.05, 3.63) is 35.5 Å². The third kappa shape index (κ3) is 1.53. The molecule has 13 heavy (non-hydrogen) atoms. The van der Waals surface area contributed by atoms with Crippen molar-refractivity contribution in [1.29, 1.82) is 0 Å². The standard InChI is InChI=1S/C9H7FN2S/c10-7-3-1-6(2-4-7)9-8(11)5-13-12-9/h1-5H,11H2. The third-order valence-corrected chi connectivity index (χ3v) is 2.36. The van der Waals surface area contributed by atoms with E-state index in [-0.39, 0.29) is 5.82 Å². The monoisotopic (exact) mass is 194 g/mol. The Kier molecular flexibility index (Phi) is 1.98. The first-order valence-electron chi connectivity index (χ1n) is 3.73. The molecular weight excluding hydrogens is 187 g/mol. The summed E-state index contributed by atoms with van der Waals surface area (Å²) in [5, 5.41) is 1.76. The highest BCUT2D eigenvalue weighted by Gasteiger charge is 2.04. The van der Waals surface area contributed by atoms with Gasteiger partial charge in [-0.25, -0.2) is 4.39 Å². The summed E-state index contributed by atoms with van der Waals surface area (Å²) in [6, 6.07) is 6.13. The lowest BCUT2D eigenvalue weighted by Crippen LogP contribution is -1.86. The first kappa shape index (κ1) is 8.19. The Morgan fingerprint density at radius 3 is 2.46 bits per heavy atom. The minimum absolute atomic E-state index is 0.252. The predicted octanol–water partition coefficient (Wildman–Crippen LogP) is 2.53. The molecule has 0 spiro atoms. The highest BCUT2D eigenvalue weighted by atomic mass is 32.1. The number of halogens is 1. The summed E-state index contributed by atoms with van der Waals surface area (Å²) in [4.78, 5) is 0. The topological polar surface area (TPSA) is 38.9 Å². The van der Waals surface area contributed by atoms with Crippen LogP contribution in [0.5, 0.6) is 0 Å². The van der Waals surface area contributed by atoms with Gasteiger partial charge in [0.1, 0.15) is 11.5 Å². The van der Waals surface area contributed by atoms with Crippen molar-refractivity contribution in [2.24, 2.45) is 0 Å². The van der Waals surface area contributed by atoms with Gasteiger partial charge in [-0.2, -0.15) is 4.37 Å². The average Bonchev–Trinajstić information content (AvgIpc) is 2.53. The van der Waals surface area contributed by atoms with Crippen LogP contribution in [0.4, 0.5) is 10.1 Å². The molecular formula is C9H7FN2S. The fourth-order valence-electron chi connectivity index (χ4n) is 1.07. The van der Waals surface area contributed by atoms with Crippen molar-refractivity contribution in [3.63, 3.8) is 0 Å². The highest BCUT2D eigenvalue weighted by molar-refractivity contribution is 7.04. The normalized spacial score (nSPS) is 10.2. The number of rotatable bonds is 1. The molecule has 1 aromatic heterocycles. The fourth-order valence-corrected chi connectivity index (χ4v) is 1.67. The van der Waals surface area contributed by atoms with Gasteiger partial charge in [0.15, 0.2) is 0 Å². The van der Waals surface area contributed by atoms with E-state index in [2.05, 4.69) is 4.37 Å². The van der Waals surface area contributed by atoms with Crippen molar-refractivity contribution in [1.82, 2.24) is 4.37 Å². The zero-order valence-electron chi connectivity index (χ0n) is 6.70. The maximum Gasteiger partial charge on any atom is 0.123 e. The van der Waals surface area contributed by atoms with Crippen LogP contribution in [0, 0.1) is 5.82 Å². The summed E-state index contributed by atoms with van der Waals surface area (Å²) in [5.41, 5.74) is 7.87. The molecule has 0 aliphatic carbocycles. The second kappa shape index (κ2) is 3.14. The van der Waals surface area contributed by atoms with Crippen LogP contribution in [0.2, 0.25) is 0 Å². The fraction of sp³-hybridized carbons (Fsp3) is 0. The van der Waals surface area contributed by atoms with Gasteiger partial charge in [-0.3, -0.25) is 0 Å². The predicted molar refractivity (Wildman–Crippen MR) is 51.9 cm³/mol. The Labute approximate surface area is 79.0 Å². The molecule has 0 unspecified atom stereocenters. The maximum atomic E-state index is 12.6. The van der Waals surface area contributed by atoms with Crippen LogP contribution in [-0.4, -0.2) is 4.37 Å². The van der Waals surface area contributed by atoms with Gasteiger partial charge in [0.25, 0.3) is 0 Å². The maximum absolute atomic E-state index is 12.6. The van der Waals surface area contributed by atoms with Crippen LogP contribution in [0.25, 0.3) is 11.3 Å². The van der Waals surface area contributed by atoms with Crippen LogP contribution >= 0.6 is 11.5 Å². The minimum Gasteiger partial charge on any atom is -0.396 e. The molecule has 2 aromatic rings. The van der Waals surface area contributed by atoms with Gasteiger partial charge in [0.2, 0.25) is 0 Å². The van der Waals surface area contributed by atoms with E-state index in [0.717, 1.165) is 11.3 Å². The molecule has 0 fully saturated rings. The minimum atomic E-state index is -0.252. The number of nitrogen functional groups attached to an aromatic ring is 1. The van der Waals surface area contributed by atoms with E-state index >= 15 is 0 Å². The SMILES string of the molecule is Nc1csnc1-c1ccc(F)cc1. The van der Waals surface area contributed by atoms with Crippen LogP contribution in [0.1, 0.15) is 0 Å². The van der Waals surface area contributed by atoms with Gasteiger partial charge in [0.05, 0.1) is 5.69 Å². The van der Waals surface area contributed by atoms with Crippen molar-refractivity contribution < 1.29 is 4.39 Å². The Balaban J connectivity index is 2.47. The first-order valence-corrected chi connectivity index (χ1v) is 4.57. The molecule has 0 aliphatic heterocycles.